The molecule has 1 atom stereocenters. The summed E-state index contributed by atoms with van der Waals surface area (Å²) in [6.45, 7) is 3.42. The molecule has 0 saturated carbocycles. The van der Waals surface area contributed by atoms with Crippen LogP contribution >= 0.6 is 11.3 Å². The zero-order chi connectivity index (χ0) is 20.4. The lowest BCUT2D eigenvalue weighted by atomic mass is 10.0. The number of carbonyl (C=O) groups is 1. The number of hydrogen-bond acceptors (Lipinski definition) is 4. The maximum atomic E-state index is 13.5. The van der Waals surface area contributed by atoms with Gasteiger partial charge in [-0.25, -0.2) is 4.39 Å². The number of halogens is 1. The van der Waals surface area contributed by atoms with Crippen LogP contribution in [0.3, 0.4) is 0 Å². The number of hydrogen-bond donors (Lipinski definition) is 2. The molecule has 152 valence electrons. The Morgan fingerprint density at radius 2 is 2.28 bits per heavy atom. The van der Waals surface area contributed by atoms with Crippen LogP contribution in [0.4, 0.5) is 4.39 Å². The van der Waals surface area contributed by atoms with E-state index in [1.54, 1.807) is 17.4 Å². The molecule has 7 heteroatoms. The summed E-state index contributed by atoms with van der Waals surface area (Å²) in [4.78, 5) is 14.9. The van der Waals surface area contributed by atoms with Gasteiger partial charge >= 0.3 is 0 Å². The number of aromatic nitrogens is 2. The molecule has 1 amide bonds. The van der Waals surface area contributed by atoms with Crippen molar-refractivity contribution in [3.05, 3.63) is 63.2 Å². The summed E-state index contributed by atoms with van der Waals surface area (Å²) in [5, 5.41) is 7.58. The number of nitrogens with one attached hydrogen (secondary N) is 1. The minimum Gasteiger partial charge on any atom is -0.348 e. The van der Waals surface area contributed by atoms with Crippen LogP contribution in [0.1, 0.15) is 38.5 Å². The molecule has 29 heavy (non-hydrogen) atoms. The third kappa shape index (κ3) is 4.26. The molecule has 3 heterocycles. The lowest BCUT2D eigenvalue weighted by molar-refractivity contribution is 0.0939. The van der Waals surface area contributed by atoms with Gasteiger partial charge in [0.1, 0.15) is 5.82 Å². The predicted octanol–water partition coefficient (Wildman–Crippen LogP) is 3.70. The molecule has 0 aliphatic carbocycles. The van der Waals surface area contributed by atoms with Crippen molar-refractivity contribution in [2.45, 2.75) is 45.2 Å². The van der Waals surface area contributed by atoms with E-state index in [1.165, 1.54) is 17.0 Å². The lowest BCUT2D eigenvalue weighted by Gasteiger charge is -2.18. The van der Waals surface area contributed by atoms with Gasteiger partial charge in [0.25, 0.3) is 5.91 Å². The zero-order valence-corrected chi connectivity index (χ0v) is 17.3. The Labute approximate surface area is 173 Å². The van der Waals surface area contributed by atoms with Crippen LogP contribution in [-0.4, -0.2) is 28.3 Å². The molecule has 3 aromatic rings. The van der Waals surface area contributed by atoms with Gasteiger partial charge < -0.3 is 11.1 Å². The van der Waals surface area contributed by atoms with E-state index in [9.17, 15) is 9.18 Å². The summed E-state index contributed by atoms with van der Waals surface area (Å²) < 4.78 is 15.5. The van der Waals surface area contributed by atoms with Crippen LogP contribution in [0.2, 0.25) is 0 Å². The number of benzene rings is 1. The van der Waals surface area contributed by atoms with E-state index in [0.29, 0.717) is 24.3 Å². The molecule has 5 nitrogen and oxygen atoms in total. The van der Waals surface area contributed by atoms with Crippen molar-refractivity contribution in [1.29, 1.82) is 0 Å². The first kappa shape index (κ1) is 19.8. The Balaban J connectivity index is 1.55. The Kier molecular flexibility index (Phi) is 5.78. The molecular weight excluding hydrogens is 387 g/mol. The average molecular weight is 413 g/mol. The minimum absolute atomic E-state index is 0.0957. The minimum atomic E-state index is -0.269. The second kappa shape index (κ2) is 8.47. The number of carbonyl (C=O) groups excluding carboxylic acids is 1. The topological polar surface area (TPSA) is 72.9 Å². The van der Waals surface area contributed by atoms with Crippen molar-refractivity contribution in [2.24, 2.45) is 5.73 Å². The van der Waals surface area contributed by atoms with Crippen LogP contribution in [0.25, 0.3) is 11.3 Å². The van der Waals surface area contributed by atoms with E-state index in [4.69, 9.17) is 5.73 Å². The summed E-state index contributed by atoms with van der Waals surface area (Å²) in [6, 6.07) is 8.34. The fraction of sp³-hybridized carbons (Fsp3) is 0.364. The van der Waals surface area contributed by atoms with E-state index in [0.717, 1.165) is 41.8 Å². The third-order valence-electron chi connectivity index (χ3n) is 5.31. The molecule has 0 bridgehead atoms. The van der Waals surface area contributed by atoms with Gasteiger partial charge in [-0.3, -0.25) is 9.48 Å². The highest BCUT2D eigenvalue weighted by molar-refractivity contribution is 7.14. The van der Waals surface area contributed by atoms with Crippen molar-refractivity contribution in [3.63, 3.8) is 0 Å². The van der Waals surface area contributed by atoms with E-state index in [1.807, 2.05) is 23.0 Å². The first-order valence-electron chi connectivity index (χ1n) is 9.96. The fourth-order valence-corrected chi connectivity index (χ4v) is 5.05. The quantitative estimate of drug-likeness (QED) is 0.648. The summed E-state index contributed by atoms with van der Waals surface area (Å²) in [7, 11) is 0. The molecule has 1 aliphatic heterocycles. The van der Waals surface area contributed by atoms with Crippen LogP contribution in [0.15, 0.2) is 36.5 Å². The van der Waals surface area contributed by atoms with E-state index < -0.39 is 0 Å². The van der Waals surface area contributed by atoms with Crippen LogP contribution in [0.5, 0.6) is 0 Å². The number of nitrogens with zero attached hydrogens (tertiary/aromatic N) is 2. The highest BCUT2D eigenvalue weighted by Gasteiger charge is 2.23. The van der Waals surface area contributed by atoms with E-state index in [-0.39, 0.29) is 17.8 Å². The predicted molar refractivity (Wildman–Crippen MR) is 114 cm³/mol. The van der Waals surface area contributed by atoms with Gasteiger partial charge in [-0.1, -0.05) is 12.1 Å². The zero-order valence-electron chi connectivity index (χ0n) is 16.5. The number of thiophene rings is 1. The lowest BCUT2D eigenvalue weighted by Crippen LogP contribution is -2.37. The Bertz CT molecular complexity index is 1030. The normalized spacial score (nSPS) is 14.0. The van der Waals surface area contributed by atoms with Gasteiger partial charge in [0, 0.05) is 23.0 Å². The van der Waals surface area contributed by atoms with Crippen LogP contribution < -0.4 is 11.1 Å². The van der Waals surface area contributed by atoms with Crippen LogP contribution in [-0.2, 0) is 19.4 Å². The Morgan fingerprint density at radius 3 is 3.07 bits per heavy atom. The van der Waals surface area contributed by atoms with Crippen molar-refractivity contribution in [1.82, 2.24) is 15.1 Å². The fourth-order valence-electron chi connectivity index (χ4n) is 3.95. The molecular formula is C22H25FN4OS. The number of aryl methyl sites for hydroxylation is 3. The first-order chi connectivity index (χ1) is 14.0. The highest BCUT2D eigenvalue weighted by atomic mass is 32.1. The van der Waals surface area contributed by atoms with Gasteiger partial charge in [0.2, 0.25) is 0 Å². The van der Waals surface area contributed by atoms with Gasteiger partial charge in [-0.2, -0.15) is 5.10 Å². The molecule has 4 rings (SSSR count). The number of nitrogens with two attached hydrogens (primary N) is 1. The number of rotatable bonds is 6. The van der Waals surface area contributed by atoms with Crippen molar-refractivity contribution < 1.29 is 9.18 Å². The average Bonchev–Trinajstić information content (AvgIpc) is 3.21. The maximum Gasteiger partial charge on any atom is 0.261 e. The number of amides is 1. The van der Waals surface area contributed by atoms with Gasteiger partial charge in [0.15, 0.2) is 0 Å². The maximum absolute atomic E-state index is 13.5. The molecule has 3 N–H and O–H groups in total. The monoisotopic (exact) mass is 412 g/mol. The summed E-state index contributed by atoms with van der Waals surface area (Å²) in [5.41, 5.74) is 9.97. The van der Waals surface area contributed by atoms with E-state index in [2.05, 4.69) is 17.3 Å². The SMILES string of the molecule is Cc1cnn2c1-c1cc(C(=O)N[C@H](CCN)Cc3cccc(F)c3)sc1CCC2. The number of fused-ring (bicyclic) bond motifs is 3. The molecule has 0 spiro atoms. The molecule has 0 unspecified atom stereocenters. The molecule has 1 aromatic carbocycles. The summed E-state index contributed by atoms with van der Waals surface area (Å²) >= 11 is 1.56. The Hall–Kier alpha value is -2.51. The smallest absolute Gasteiger partial charge is 0.261 e. The largest absolute Gasteiger partial charge is 0.348 e. The third-order valence-corrected chi connectivity index (χ3v) is 6.50. The van der Waals surface area contributed by atoms with Gasteiger partial charge in [-0.15, -0.1) is 11.3 Å². The summed E-state index contributed by atoms with van der Waals surface area (Å²) in [6.07, 6.45) is 5.04. The van der Waals surface area contributed by atoms with Crippen molar-refractivity contribution >= 4 is 17.2 Å². The van der Waals surface area contributed by atoms with Gasteiger partial charge in [-0.05, 0) is 68.5 Å². The standard InChI is InChI=1S/C22H25FN4OS/c1-14-13-25-27-9-3-6-19-18(21(14)27)12-20(29-19)22(28)26-17(7-8-24)11-15-4-2-5-16(23)10-15/h2,4-5,10,12-13,17H,3,6-9,11,24H2,1H3,(H,26,28)/t17-/m1/s1. The molecule has 1 aliphatic rings. The van der Waals surface area contributed by atoms with Crippen LogP contribution in [0, 0.1) is 12.7 Å². The second-order valence-corrected chi connectivity index (χ2v) is 8.67. The molecule has 0 radical (unpaired) electrons. The molecule has 0 saturated heterocycles. The van der Waals surface area contributed by atoms with E-state index >= 15 is 0 Å². The van der Waals surface area contributed by atoms with Crippen molar-refractivity contribution in [3.8, 4) is 11.3 Å². The summed E-state index contributed by atoms with van der Waals surface area (Å²) in [5.74, 6) is -0.365. The van der Waals surface area contributed by atoms with Crippen molar-refractivity contribution in [2.75, 3.05) is 6.54 Å². The second-order valence-electron chi connectivity index (χ2n) is 7.53. The molecule has 0 fully saturated rings. The highest BCUT2D eigenvalue weighted by Crippen LogP contribution is 2.36. The van der Waals surface area contributed by atoms with Gasteiger partial charge in [0.05, 0.1) is 16.8 Å². The Morgan fingerprint density at radius 1 is 1.41 bits per heavy atom. The molecule has 2 aromatic heterocycles. The first-order valence-corrected chi connectivity index (χ1v) is 10.8.